The molecule has 1 amide bonds. The number of anilines is 1. The van der Waals surface area contributed by atoms with E-state index in [9.17, 15) is 9.90 Å². The van der Waals surface area contributed by atoms with E-state index in [0.29, 0.717) is 56.8 Å². The fraction of sp³-hybridized carbons (Fsp3) is 0.560. The summed E-state index contributed by atoms with van der Waals surface area (Å²) in [7, 11) is 0. The zero-order valence-electron chi connectivity index (χ0n) is 19.3. The summed E-state index contributed by atoms with van der Waals surface area (Å²) in [6, 6.07) is 8.77. The Morgan fingerprint density at radius 2 is 1.73 bits per heavy atom. The quantitative estimate of drug-likeness (QED) is 0.761. The van der Waals surface area contributed by atoms with Crippen molar-refractivity contribution in [2.24, 2.45) is 0 Å². The molecule has 33 heavy (non-hydrogen) atoms. The van der Waals surface area contributed by atoms with Crippen LogP contribution in [0.5, 0.6) is 0 Å². The molecule has 5 rings (SSSR count). The fourth-order valence-electron chi connectivity index (χ4n) is 5.30. The highest BCUT2D eigenvalue weighted by atomic mass is 16.5. The standard InChI is InChI=1S/C25H33N5O3/c1-25(32)14-19-4-2-3-5-20(19)17-30(18-25)22-6-8-28(9-7-22)23(31)21-15-26-24(27-16-21)29-10-12-33-13-11-29/h2-5,15-16,22,32H,6-14,17-18H2,1H3. The summed E-state index contributed by atoms with van der Waals surface area (Å²) >= 11 is 0. The number of fused-ring (bicyclic) bond motifs is 1. The molecule has 0 saturated carbocycles. The van der Waals surface area contributed by atoms with E-state index in [-0.39, 0.29) is 5.91 Å². The number of benzene rings is 1. The Bertz CT molecular complexity index is 966. The van der Waals surface area contributed by atoms with Crippen molar-refractivity contribution in [3.05, 3.63) is 53.3 Å². The Balaban J connectivity index is 1.20. The first-order chi connectivity index (χ1) is 16.0. The van der Waals surface area contributed by atoms with Gasteiger partial charge in [-0.15, -0.1) is 0 Å². The molecule has 3 aliphatic heterocycles. The van der Waals surface area contributed by atoms with Gasteiger partial charge in [0.1, 0.15) is 0 Å². The third-order valence-corrected chi connectivity index (χ3v) is 7.05. The first-order valence-corrected chi connectivity index (χ1v) is 12.0. The van der Waals surface area contributed by atoms with Gasteiger partial charge in [0.15, 0.2) is 0 Å². The minimum absolute atomic E-state index is 0.00446. The SMILES string of the molecule is CC1(O)Cc2ccccc2CN(C2CCN(C(=O)c3cnc(N4CCOCC4)nc3)CC2)C1. The first kappa shape index (κ1) is 22.3. The lowest BCUT2D eigenvalue weighted by Gasteiger charge is -2.40. The average molecular weight is 452 g/mol. The third kappa shape index (κ3) is 5.03. The molecular formula is C25H33N5O3. The maximum Gasteiger partial charge on any atom is 0.256 e. The lowest BCUT2D eigenvalue weighted by molar-refractivity contribution is -0.00239. The summed E-state index contributed by atoms with van der Waals surface area (Å²) in [4.78, 5) is 28.3. The number of hydrogen-bond donors (Lipinski definition) is 1. The first-order valence-electron chi connectivity index (χ1n) is 12.0. The molecule has 0 bridgehead atoms. The Labute approximate surface area is 195 Å². The Hall–Kier alpha value is -2.55. The lowest BCUT2D eigenvalue weighted by Crippen LogP contribution is -2.50. The van der Waals surface area contributed by atoms with Crippen LogP contribution in [0, 0.1) is 0 Å². The highest BCUT2D eigenvalue weighted by Gasteiger charge is 2.35. The topological polar surface area (TPSA) is 82.0 Å². The summed E-state index contributed by atoms with van der Waals surface area (Å²) in [6.07, 6.45) is 5.77. The summed E-state index contributed by atoms with van der Waals surface area (Å²) in [5.41, 5.74) is 2.32. The average Bonchev–Trinajstić information content (AvgIpc) is 2.99. The number of morpholine rings is 1. The largest absolute Gasteiger partial charge is 0.388 e. The van der Waals surface area contributed by atoms with Crippen molar-refractivity contribution in [3.8, 4) is 0 Å². The molecular weight excluding hydrogens is 418 g/mol. The van der Waals surface area contributed by atoms with Gasteiger partial charge in [-0.25, -0.2) is 9.97 Å². The van der Waals surface area contributed by atoms with Gasteiger partial charge in [-0.2, -0.15) is 0 Å². The number of carbonyl (C=O) groups excluding carboxylic acids is 1. The minimum atomic E-state index is -0.751. The van der Waals surface area contributed by atoms with Gasteiger partial charge in [0.05, 0.1) is 24.4 Å². The molecule has 1 aromatic carbocycles. The van der Waals surface area contributed by atoms with Crippen LogP contribution in [0.4, 0.5) is 5.95 Å². The number of rotatable bonds is 3. The van der Waals surface area contributed by atoms with E-state index < -0.39 is 5.60 Å². The molecule has 1 N–H and O–H groups in total. The summed E-state index contributed by atoms with van der Waals surface area (Å²) in [5.74, 6) is 0.650. The molecule has 176 valence electrons. The predicted molar refractivity (Wildman–Crippen MR) is 125 cm³/mol. The molecule has 1 unspecified atom stereocenters. The molecule has 0 radical (unpaired) electrons. The Morgan fingerprint density at radius 1 is 1.06 bits per heavy atom. The number of β-amino-alcohol motifs (C(OH)–C–C–N with tert-alkyl or cyclic N) is 1. The van der Waals surface area contributed by atoms with Gasteiger partial charge in [-0.3, -0.25) is 9.69 Å². The predicted octanol–water partition coefficient (Wildman–Crippen LogP) is 1.73. The van der Waals surface area contributed by atoms with Gasteiger partial charge in [-0.1, -0.05) is 24.3 Å². The Kier molecular flexibility index (Phi) is 6.32. The molecule has 2 aromatic rings. The second-order valence-electron chi connectivity index (χ2n) is 9.74. The highest BCUT2D eigenvalue weighted by Crippen LogP contribution is 2.29. The molecule has 4 heterocycles. The van der Waals surface area contributed by atoms with E-state index >= 15 is 0 Å². The molecule has 8 heteroatoms. The molecule has 0 aliphatic carbocycles. The van der Waals surface area contributed by atoms with Crippen molar-refractivity contribution in [2.75, 3.05) is 50.8 Å². The zero-order chi connectivity index (χ0) is 22.8. The van der Waals surface area contributed by atoms with Gasteiger partial charge in [0, 0.05) is 64.1 Å². The van der Waals surface area contributed by atoms with E-state index in [0.717, 1.165) is 32.5 Å². The van der Waals surface area contributed by atoms with Crippen LogP contribution in [0.15, 0.2) is 36.7 Å². The molecule has 1 atom stereocenters. The van der Waals surface area contributed by atoms with Crippen molar-refractivity contribution >= 4 is 11.9 Å². The van der Waals surface area contributed by atoms with Crippen LogP contribution in [0.2, 0.25) is 0 Å². The summed E-state index contributed by atoms with van der Waals surface area (Å²) in [5, 5.41) is 11.0. The maximum absolute atomic E-state index is 13.1. The second-order valence-corrected chi connectivity index (χ2v) is 9.74. The Morgan fingerprint density at radius 3 is 2.42 bits per heavy atom. The van der Waals surface area contributed by atoms with Crippen LogP contribution >= 0.6 is 0 Å². The van der Waals surface area contributed by atoms with E-state index in [2.05, 4.69) is 38.0 Å². The second kappa shape index (κ2) is 9.37. The maximum atomic E-state index is 13.1. The van der Waals surface area contributed by atoms with Crippen molar-refractivity contribution in [1.29, 1.82) is 0 Å². The van der Waals surface area contributed by atoms with Crippen molar-refractivity contribution in [1.82, 2.24) is 19.8 Å². The molecule has 2 fully saturated rings. The summed E-state index contributed by atoms with van der Waals surface area (Å²) < 4.78 is 5.38. The molecule has 8 nitrogen and oxygen atoms in total. The van der Waals surface area contributed by atoms with Gasteiger partial charge < -0.3 is 19.6 Å². The monoisotopic (exact) mass is 451 g/mol. The van der Waals surface area contributed by atoms with E-state index in [4.69, 9.17) is 4.74 Å². The number of hydrogen-bond acceptors (Lipinski definition) is 7. The van der Waals surface area contributed by atoms with Gasteiger partial charge in [-0.05, 0) is 30.9 Å². The number of aromatic nitrogens is 2. The van der Waals surface area contributed by atoms with Gasteiger partial charge in [0.25, 0.3) is 5.91 Å². The number of likely N-dealkylation sites (tertiary alicyclic amines) is 1. The van der Waals surface area contributed by atoms with Crippen molar-refractivity contribution < 1.29 is 14.6 Å². The lowest BCUT2D eigenvalue weighted by atomic mass is 9.95. The van der Waals surface area contributed by atoms with Crippen LogP contribution in [-0.2, 0) is 17.7 Å². The smallest absolute Gasteiger partial charge is 0.256 e. The molecule has 0 spiro atoms. The van der Waals surface area contributed by atoms with E-state index in [1.54, 1.807) is 12.4 Å². The number of aliphatic hydroxyl groups is 1. The number of nitrogens with zero attached hydrogens (tertiary/aromatic N) is 5. The number of piperidine rings is 1. The number of carbonyl (C=O) groups is 1. The van der Waals surface area contributed by atoms with Gasteiger partial charge in [0.2, 0.25) is 5.95 Å². The highest BCUT2D eigenvalue weighted by molar-refractivity contribution is 5.93. The van der Waals surface area contributed by atoms with E-state index in [1.165, 1.54) is 11.1 Å². The van der Waals surface area contributed by atoms with Crippen LogP contribution < -0.4 is 4.90 Å². The molecule has 2 saturated heterocycles. The fourth-order valence-corrected chi connectivity index (χ4v) is 5.30. The van der Waals surface area contributed by atoms with Crippen molar-refractivity contribution in [2.45, 2.75) is 44.4 Å². The molecule has 1 aromatic heterocycles. The van der Waals surface area contributed by atoms with Crippen LogP contribution in [-0.4, -0.2) is 88.4 Å². The van der Waals surface area contributed by atoms with Gasteiger partial charge >= 0.3 is 0 Å². The zero-order valence-corrected chi connectivity index (χ0v) is 19.3. The summed E-state index contributed by atoms with van der Waals surface area (Å²) in [6.45, 7) is 7.74. The third-order valence-electron chi connectivity index (χ3n) is 7.05. The normalized spacial score (nSPS) is 24.9. The van der Waals surface area contributed by atoms with Crippen LogP contribution in [0.3, 0.4) is 0 Å². The number of amides is 1. The van der Waals surface area contributed by atoms with Crippen LogP contribution in [0.1, 0.15) is 41.3 Å². The van der Waals surface area contributed by atoms with E-state index in [1.807, 2.05) is 17.9 Å². The number of ether oxygens (including phenoxy) is 1. The molecule has 3 aliphatic rings. The van der Waals surface area contributed by atoms with Crippen LogP contribution in [0.25, 0.3) is 0 Å². The van der Waals surface area contributed by atoms with Crippen molar-refractivity contribution in [3.63, 3.8) is 0 Å². The minimum Gasteiger partial charge on any atom is -0.388 e.